The van der Waals surface area contributed by atoms with Crippen LogP contribution in [-0.4, -0.2) is 28.9 Å². The number of rotatable bonds is 7. The first-order valence-electron chi connectivity index (χ1n) is 11.8. The topological polar surface area (TPSA) is 92.9 Å². The fraction of sp³-hybridized carbons (Fsp3) is 0.207. The van der Waals surface area contributed by atoms with Crippen molar-refractivity contribution < 1.29 is 24.0 Å². The second kappa shape index (κ2) is 10.5. The lowest BCUT2D eigenvalue weighted by molar-refractivity contribution is -0.142. The number of carboxylic acids is 1. The number of ether oxygens (including phenoxy) is 1. The molecule has 0 atom stereocenters. The normalized spacial score (nSPS) is 11.3. The van der Waals surface area contributed by atoms with Crippen LogP contribution in [0.3, 0.4) is 0 Å². The number of carbonyl (C=O) groups excluding carboxylic acids is 1. The molecule has 1 N–H and O–H groups in total. The Morgan fingerprint density at radius 2 is 1.54 bits per heavy atom. The summed E-state index contributed by atoms with van der Waals surface area (Å²) in [5.74, 6) is -0.480. The van der Waals surface area contributed by atoms with Crippen LogP contribution in [0.5, 0.6) is 0 Å². The number of aromatic nitrogens is 1. The maximum absolute atomic E-state index is 13.0. The highest BCUT2D eigenvalue weighted by Gasteiger charge is 2.30. The van der Waals surface area contributed by atoms with E-state index in [1.54, 1.807) is 52.0 Å². The third-order valence-electron chi connectivity index (χ3n) is 6.22. The quantitative estimate of drug-likeness (QED) is 0.270. The van der Waals surface area contributed by atoms with Gasteiger partial charge in [-0.2, -0.15) is 0 Å². The van der Waals surface area contributed by atoms with Crippen LogP contribution in [0.15, 0.2) is 77.3 Å². The molecule has 37 heavy (non-hydrogen) atoms. The number of hydrogen-bond acceptors (Lipinski definition) is 5. The first-order valence-corrected chi connectivity index (χ1v) is 12.1. The number of benzene rings is 3. The molecule has 0 bridgehead atoms. The summed E-state index contributed by atoms with van der Waals surface area (Å²) in [7, 11) is 0. The fourth-order valence-corrected chi connectivity index (χ4v) is 4.19. The molecular formula is C29H27ClN2O5. The molecule has 8 heteroatoms. The van der Waals surface area contributed by atoms with Crippen LogP contribution in [0, 0.1) is 6.92 Å². The van der Waals surface area contributed by atoms with Crippen LogP contribution in [0.25, 0.3) is 22.5 Å². The highest BCUT2D eigenvalue weighted by atomic mass is 35.5. The number of halogens is 1. The second-order valence-corrected chi connectivity index (χ2v) is 9.42. The smallest absolute Gasteiger partial charge is 0.419 e. The summed E-state index contributed by atoms with van der Waals surface area (Å²) in [5.41, 5.74) is 3.74. The van der Waals surface area contributed by atoms with Crippen molar-refractivity contribution in [2.24, 2.45) is 0 Å². The van der Waals surface area contributed by atoms with Crippen LogP contribution < -0.4 is 4.90 Å². The number of aryl methyl sites for hydroxylation is 1. The molecular weight excluding hydrogens is 492 g/mol. The number of carboxylic acid groups (broad SMARTS) is 1. The van der Waals surface area contributed by atoms with Crippen LogP contribution >= 0.6 is 11.6 Å². The van der Waals surface area contributed by atoms with Gasteiger partial charge in [0.15, 0.2) is 5.76 Å². The molecule has 0 saturated carbocycles. The van der Waals surface area contributed by atoms with E-state index in [2.05, 4.69) is 5.16 Å². The van der Waals surface area contributed by atoms with Gasteiger partial charge in [0.05, 0.1) is 22.7 Å². The van der Waals surface area contributed by atoms with Gasteiger partial charge in [0.25, 0.3) is 0 Å². The van der Waals surface area contributed by atoms with Crippen LogP contribution in [0.2, 0.25) is 5.02 Å². The molecule has 3 aromatic carbocycles. The van der Waals surface area contributed by atoms with E-state index in [1.165, 1.54) is 4.90 Å². The Balaban J connectivity index is 1.71. The van der Waals surface area contributed by atoms with E-state index in [9.17, 15) is 14.7 Å². The average Bonchev–Trinajstić information content (AvgIpc) is 3.26. The zero-order valence-corrected chi connectivity index (χ0v) is 21.7. The van der Waals surface area contributed by atoms with Crippen molar-refractivity contribution in [1.29, 1.82) is 0 Å². The lowest BCUT2D eigenvalue weighted by Crippen LogP contribution is -2.28. The molecule has 0 saturated heterocycles. The molecule has 0 aliphatic heterocycles. The van der Waals surface area contributed by atoms with Gasteiger partial charge in [0, 0.05) is 5.56 Å². The zero-order valence-electron chi connectivity index (χ0n) is 21.0. The molecule has 4 rings (SSSR count). The van der Waals surface area contributed by atoms with E-state index in [4.69, 9.17) is 20.9 Å². The molecule has 1 heterocycles. The van der Waals surface area contributed by atoms with Crippen molar-refractivity contribution >= 4 is 35.0 Å². The van der Waals surface area contributed by atoms with Crippen molar-refractivity contribution in [3.63, 3.8) is 0 Å². The van der Waals surface area contributed by atoms with Crippen LogP contribution in [0.4, 0.5) is 16.2 Å². The van der Waals surface area contributed by atoms with Crippen molar-refractivity contribution in [3.05, 3.63) is 89.1 Å². The van der Waals surface area contributed by atoms with E-state index >= 15 is 0 Å². The Labute approximate surface area is 220 Å². The zero-order chi connectivity index (χ0) is 26.7. The van der Waals surface area contributed by atoms with Gasteiger partial charge in [-0.05, 0) is 56.5 Å². The van der Waals surface area contributed by atoms with Gasteiger partial charge < -0.3 is 14.4 Å². The van der Waals surface area contributed by atoms with E-state index < -0.39 is 17.5 Å². The number of para-hydroxylation sites is 1. The lowest BCUT2D eigenvalue weighted by Gasteiger charge is -2.23. The van der Waals surface area contributed by atoms with Gasteiger partial charge in [0.1, 0.15) is 11.4 Å². The summed E-state index contributed by atoms with van der Waals surface area (Å²) < 4.78 is 11.0. The Hall–Kier alpha value is -4.10. The molecule has 0 spiro atoms. The van der Waals surface area contributed by atoms with Crippen LogP contribution in [0.1, 0.15) is 32.0 Å². The number of amides is 1. The summed E-state index contributed by atoms with van der Waals surface area (Å²) in [6.07, 6.45) is -0.593. The van der Waals surface area contributed by atoms with Crippen molar-refractivity contribution in [1.82, 2.24) is 5.16 Å². The Morgan fingerprint density at radius 1 is 0.973 bits per heavy atom. The van der Waals surface area contributed by atoms with E-state index in [0.717, 1.165) is 16.7 Å². The molecule has 0 fully saturated rings. The van der Waals surface area contributed by atoms with Gasteiger partial charge in [-0.25, -0.2) is 9.69 Å². The summed E-state index contributed by atoms with van der Waals surface area (Å²) in [6, 6.07) is 22.1. The summed E-state index contributed by atoms with van der Waals surface area (Å²) >= 11 is 6.44. The third-order valence-corrected chi connectivity index (χ3v) is 6.54. The first-order chi connectivity index (χ1) is 17.6. The van der Waals surface area contributed by atoms with Gasteiger partial charge in [-0.3, -0.25) is 4.79 Å². The number of anilines is 2. The highest BCUT2D eigenvalue weighted by molar-refractivity contribution is 6.34. The predicted molar refractivity (Wildman–Crippen MR) is 143 cm³/mol. The molecule has 0 unspecified atom stereocenters. The SMILES string of the molecule is CCOC(=O)N(c1ccccc1Cl)c1c(C)noc1-c1ccc(-c2ccc(C(C)(C)C(=O)O)cc2)cc1. The molecule has 1 aromatic heterocycles. The van der Waals surface area contributed by atoms with Crippen molar-refractivity contribution in [3.8, 4) is 22.5 Å². The number of hydrogen-bond donors (Lipinski definition) is 1. The largest absolute Gasteiger partial charge is 0.481 e. The predicted octanol–water partition coefficient (Wildman–Crippen LogP) is 7.63. The van der Waals surface area contributed by atoms with E-state index in [-0.39, 0.29) is 6.61 Å². The molecule has 4 aromatic rings. The maximum atomic E-state index is 13.0. The van der Waals surface area contributed by atoms with E-state index in [0.29, 0.717) is 33.4 Å². The average molecular weight is 519 g/mol. The highest BCUT2D eigenvalue weighted by Crippen LogP contribution is 2.41. The summed E-state index contributed by atoms with van der Waals surface area (Å²) in [4.78, 5) is 26.0. The first kappa shape index (κ1) is 26.0. The van der Waals surface area contributed by atoms with Gasteiger partial charge >= 0.3 is 12.1 Å². The number of carbonyl (C=O) groups is 2. The third kappa shape index (κ3) is 5.08. The summed E-state index contributed by atoms with van der Waals surface area (Å²) in [6.45, 7) is 7.03. The Morgan fingerprint density at radius 3 is 2.11 bits per heavy atom. The van der Waals surface area contributed by atoms with Crippen molar-refractivity contribution in [2.75, 3.05) is 11.5 Å². The minimum Gasteiger partial charge on any atom is -0.481 e. The minimum atomic E-state index is -0.977. The summed E-state index contributed by atoms with van der Waals surface area (Å²) in [5, 5.41) is 14.0. The number of nitrogens with zero attached hydrogens (tertiary/aromatic N) is 2. The maximum Gasteiger partial charge on any atom is 0.419 e. The van der Waals surface area contributed by atoms with Gasteiger partial charge in [-0.15, -0.1) is 0 Å². The minimum absolute atomic E-state index is 0.191. The lowest BCUT2D eigenvalue weighted by atomic mass is 9.84. The molecule has 190 valence electrons. The fourth-order valence-electron chi connectivity index (χ4n) is 3.97. The molecule has 0 aliphatic carbocycles. The van der Waals surface area contributed by atoms with Crippen LogP contribution in [-0.2, 0) is 14.9 Å². The Bertz CT molecular complexity index is 1430. The Kier molecular flexibility index (Phi) is 7.36. The van der Waals surface area contributed by atoms with E-state index in [1.807, 2.05) is 48.5 Å². The second-order valence-electron chi connectivity index (χ2n) is 9.02. The van der Waals surface area contributed by atoms with Gasteiger partial charge in [0.2, 0.25) is 0 Å². The number of aliphatic carboxylic acids is 1. The molecule has 0 radical (unpaired) electrons. The van der Waals surface area contributed by atoms with Crippen molar-refractivity contribution in [2.45, 2.75) is 33.1 Å². The van der Waals surface area contributed by atoms with Gasteiger partial charge in [-0.1, -0.05) is 77.4 Å². The monoisotopic (exact) mass is 518 g/mol. The molecule has 7 nitrogen and oxygen atoms in total. The molecule has 1 amide bonds. The standard InChI is InChI=1S/C29H27ClN2O5/c1-5-36-28(35)32(24-9-7-6-8-23(24)30)25-18(2)31-37-26(25)21-12-10-19(11-13-21)20-14-16-22(17-15-20)29(3,4)27(33)34/h6-17H,5H2,1-4H3,(H,33,34). The molecule has 0 aliphatic rings.